The molecule has 10 heteroatoms. The van der Waals surface area contributed by atoms with Gasteiger partial charge in [0.15, 0.2) is 0 Å². The van der Waals surface area contributed by atoms with Crippen LogP contribution in [0, 0.1) is 0 Å². The molecule has 0 unspecified atom stereocenters. The minimum atomic E-state index is -0.602. The van der Waals surface area contributed by atoms with Crippen LogP contribution in [0.4, 0.5) is 4.79 Å². The second kappa shape index (κ2) is 7.04. The van der Waals surface area contributed by atoms with Gasteiger partial charge in [-0.2, -0.15) is 4.98 Å². The van der Waals surface area contributed by atoms with E-state index in [0.29, 0.717) is 17.8 Å². The Balaban J connectivity index is 1.47. The molecule has 10 nitrogen and oxygen atoms in total. The van der Waals surface area contributed by atoms with Crippen LogP contribution in [0.2, 0.25) is 0 Å². The number of benzene rings is 1. The minimum absolute atomic E-state index is 0.0551. The van der Waals surface area contributed by atoms with Crippen LogP contribution >= 0.6 is 0 Å². The van der Waals surface area contributed by atoms with E-state index in [9.17, 15) is 9.59 Å². The molecule has 4 heterocycles. The molecule has 164 valence electrons. The fourth-order valence-corrected chi connectivity index (χ4v) is 3.66. The normalized spacial score (nSPS) is 14.6. The summed E-state index contributed by atoms with van der Waals surface area (Å²) in [6.07, 6.45) is 3.14. The average Bonchev–Trinajstić information content (AvgIpc) is 3.31. The van der Waals surface area contributed by atoms with Crippen molar-refractivity contribution in [3.63, 3.8) is 0 Å². The van der Waals surface area contributed by atoms with Crippen molar-refractivity contribution in [1.29, 1.82) is 0 Å². The second-order valence-corrected chi connectivity index (χ2v) is 8.68. The fraction of sp³-hybridized carbons (Fsp3) is 0.318. The van der Waals surface area contributed by atoms with E-state index in [2.05, 4.69) is 15.1 Å². The molecule has 3 aromatic rings. The summed E-state index contributed by atoms with van der Waals surface area (Å²) in [6, 6.07) is 7.41. The number of ether oxygens (including phenoxy) is 1. The second-order valence-electron chi connectivity index (χ2n) is 8.68. The number of carbonyl (C=O) groups is 2. The number of carbonyl (C=O) groups excluding carboxylic acids is 2. The van der Waals surface area contributed by atoms with Gasteiger partial charge in [0.1, 0.15) is 29.9 Å². The molecule has 0 fully saturated rings. The van der Waals surface area contributed by atoms with Gasteiger partial charge in [-0.3, -0.25) is 9.36 Å². The molecular weight excluding hydrogens is 412 g/mol. The first-order chi connectivity index (χ1) is 15.2. The lowest BCUT2D eigenvalue weighted by Crippen LogP contribution is -2.35. The third-order valence-electron chi connectivity index (χ3n) is 5.16. The van der Waals surface area contributed by atoms with Gasteiger partial charge in [0.2, 0.25) is 11.7 Å². The Bertz CT molecular complexity index is 1270. The smallest absolute Gasteiger partial charge is 0.410 e. The molecule has 0 aliphatic carbocycles. The van der Waals surface area contributed by atoms with Gasteiger partial charge in [-0.1, -0.05) is 17.3 Å². The van der Waals surface area contributed by atoms with E-state index in [1.54, 1.807) is 45.1 Å². The molecule has 1 aromatic carbocycles. The van der Waals surface area contributed by atoms with Crippen LogP contribution in [0.3, 0.4) is 0 Å². The summed E-state index contributed by atoms with van der Waals surface area (Å²) >= 11 is 0. The molecular formula is C22H22N6O4. The molecule has 0 bridgehead atoms. The number of aromatic nitrogens is 4. The predicted molar refractivity (Wildman–Crippen MR) is 114 cm³/mol. The Hall–Kier alpha value is -3.95. The number of fused-ring (bicyclic) bond motifs is 5. The van der Waals surface area contributed by atoms with Crippen molar-refractivity contribution >= 4 is 17.7 Å². The van der Waals surface area contributed by atoms with Crippen molar-refractivity contribution < 1.29 is 18.8 Å². The summed E-state index contributed by atoms with van der Waals surface area (Å²) in [7, 11) is 1.60. The zero-order valence-corrected chi connectivity index (χ0v) is 18.2. The van der Waals surface area contributed by atoms with Gasteiger partial charge in [-0.25, -0.2) is 9.78 Å². The third kappa shape index (κ3) is 3.24. The molecule has 2 amide bonds. The zero-order valence-electron chi connectivity index (χ0n) is 18.2. The molecule has 0 radical (unpaired) electrons. The SMILES string of the molecule is CN(Cc1nc(-c2ncn3c2C2=CCN2C(=O)c2ccccc2-3)no1)C(=O)OC(C)(C)C. The van der Waals surface area contributed by atoms with E-state index in [1.807, 2.05) is 28.8 Å². The number of rotatable bonds is 3. The maximum absolute atomic E-state index is 13.0. The topological polar surface area (TPSA) is 107 Å². The summed E-state index contributed by atoms with van der Waals surface area (Å²) in [5.74, 6) is 0.478. The summed E-state index contributed by atoms with van der Waals surface area (Å²) in [4.78, 5) is 37.2. The third-order valence-corrected chi connectivity index (χ3v) is 5.16. The molecule has 32 heavy (non-hydrogen) atoms. The van der Waals surface area contributed by atoms with Gasteiger partial charge in [-0.05, 0) is 39.0 Å². The van der Waals surface area contributed by atoms with E-state index < -0.39 is 11.7 Å². The predicted octanol–water partition coefficient (Wildman–Crippen LogP) is 3.10. The van der Waals surface area contributed by atoms with Crippen molar-refractivity contribution in [3.8, 4) is 17.2 Å². The average molecular weight is 434 g/mol. The molecule has 0 saturated heterocycles. The van der Waals surface area contributed by atoms with Crippen LogP contribution in [0.25, 0.3) is 22.9 Å². The van der Waals surface area contributed by atoms with Crippen LogP contribution in [0.15, 0.2) is 41.2 Å². The lowest BCUT2D eigenvalue weighted by atomic mass is 10.1. The monoisotopic (exact) mass is 434 g/mol. The van der Waals surface area contributed by atoms with E-state index in [0.717, 1.165) is 17.1 Å². The number of imidazole rings is 1. The Morgan fingerprint density at radius 3 is 2.78 bits per heavy atom. The fourth-order valence-electron chi connectivity index (χ4n) is 3.66. The highest BCUT2D eigenvalue weighted by Crippen LogP contribution is 2.39. The van der Waals surface area contributed by atoms with Crippen molar-refractivity contribution in [3.05, 3.63) is 53.8 Å². The maximum Gasteiger partial charge on any atom is 0.410 e. The van der Waals surface area contributed by atoms with Gasteiger partial charge in [0, 0.05) is 13.6 Å². The molecule has 5 rings (SSSR count). The van der Waals surface area contributed by atoms with Gasteiger partial charge in [0.05, 0.1) is 16.9 Å². The molecule has 2 aromatic heterocycles. The first-order valence-corrected chi connectivity index (χ1v) is 10.2. The number of para-hydroxylation sites is 1. The van der Waals surface area contributed by atoms with Crippen LogP contribution in [-0.2, 0) is 11.3 Å². The van der Waals surface area contributed by atoms with Gasteiger partial charge >= 0.3 is 6.09 Å². The number of nitrogens with zero attached hydrogens (tertiary/aromatic N) is 6. The Morgan fingerprint density at radius 2 is 2.06 bits per heavy atom. The summed E-state index contributed by atoms with van der Waals surface area (Å²) in [5.41, 5.74) is 2.73. The zero-order chi connectivity index (χ0) is 22.6. The quantitative estimate of drug-likeness (QED) is 0.623. The lowest BCUT2D eigenvalue weighted by molar-refractivity contribution is 0.0268. The molecule has 2 aliphatic rings. The van der Waals surface area contributed by atoms with E-state index in [-0.39, 0.29) is 24.2 Å². The summed E-state index contributed by atoms with van der Waals surface area (Å²) < 4.78 is 12.6. The summed E-state index contributed by atoms with van der Waals surface area (Å²) in [6.45, 7) is 6.03. The molecule has 0 N–H and O–H groups in total. The molecule has 2 aliphatic heterocycles. The standard InChI is InChI=1S/C22H22N6O4/c1-22(2,3)31-21(30)26(4)11-16-24-19(25-32-16)17-18-15-9-10-27(15)20(29)13-7-5-6-8-14(13)28(18)12-23-17/h5-9,12H,10-11H2,1-4H3. The number of hydrogen-bond acceptors (Lipinski definition) is 7. The maximum atomic E-state index is 13.0. The van der Waals surface area contributed by atoms with E-state index >= 15 is 0 Å². The van der Waals surface area contributed by atoms with Crippen molar-refractivity contribution in [2.45, 2.75) is 32.9 Å². The van der Waals surface area contributed by atoms with Crippen LogP contribution in [-0.4, -0.2) is 60.7 Å². The Labute approximate surface area is 184 Å². The van der Waals surface area contributed by atoms with Crippen molar-refractivity contribution in [1.82, 2.24) is 29.5 Å². The van der Waals surface area contributed by atoms with Crippen LogP contribution < -0.4 is 0 Å². The highest BCUT2D eigenvalue weighted by Gasteiger charge is 2.36. The Morgan fingerprint density at radius 1 is 1.28 bits per heavy atom. The summed E-state index contributed by atoms with van der Waals surface area (Å²) in [5, 5.41) is 4.07. The van der Waals surface area contributed by atoms with Gasteiger partial charge in [0.25, 0.3) is 5.91 Å². The highest BCUT2D eigenvalue weighted by molar-refractivity contribution is 6.06. The molecule has 0 saturated carbocycles. The lowest BCUT2D eigenvalue weighted by Gasteiger charge is -2.30. The largest absolute Gasteiger partial charge is 0.444 e. The van der Waals surface area contributed by atoms with Crippen molar-refractivity contribution in [2.24, 2.45) is 0 Å². The highest BCUT2D eigenvalue weighted by atomic mass is 16.6. The minimum Gasteiger partial charge on any atom is -0.444 e. The van der Waals surface area contributed by atoms with Gasteiger partial charge in [-0.15, -0.1) is 0 Å². The van der Waals surface area contributed by atoms with Crippen LogP contribution in [0.5, 0.6) is 0 Å². The van der Waals surface area contributed by atoms with E-state index in [1.165, 1.54) is 4.90 Å². The number of hydrogen-bond donors (Lipinski definition) is 0. The first kappa shape index (κ1) is 20.0. The molecule has 0 spiro atoms. The first-order valence-electron chi connectivity index (χ1n) is 10.2. The van der Waals surface area contributed by atoms with E-state index in [4.69, 9.17) is 9.26 Å². The Kier molecular flexibility index (Phi) is 4.40. The van der Waals surface area contributed by atoms with Crippen LogP contribution in [0.1, 0.15) is 42.7 Å². The molecule has 0 atom stereocenters. The number of amides is 2. The van der Waals surface area contributed by atoms with Gasteiger partial charge < -0.3 is 19.1 Å². The van der Waals surface area contributed by atoms with Crippen molar-refractivity contribution in [2.75, 3.05) is 13.6 Å².